The van der Waals surface area contributed by atoms with E-state index in [1.165, 1.54) is 28.0 Å². The van der Waals surface area contributed by atoms with Gasteiger partial charge >= 0.3 is 18.6 Å². The summed E-state index contributed by atoms with van der Waals surface area (Å²) in [6.45, 7) is 1.75. The second-order valence-electron chi connectivity index (χ2n) is 10.4. The molecule has 4 aromatic rings. The van der Waals surface area contributed by atoms with Crippen molar-refractivity contribution in [2.24, 2.45) is 4.99 Å². The molecule has 0 bridgehead atoms. The summed E-state index contributed by atoms with van der Waals surface area (Å²) >= 11 is 1.02. The first-order valence-electron chi connectivity index (χ1n) is 14.2. The predicted octanol–water partition coefficient (Wildman–Crippen LogP) is 7.45. The number of urea groups is 1. The molecule has 0 saturated carbocycles. The number of ether oxygens (including phenoxy) is 2. The quantitative estimate of drug-likeness (QED) is 0.182. The number of amides is 3. The topological polar surface area (TPSA) is 111 Å². The van der Waals surface area contributed by atoms with Gasteiger partial charge in [0.05, 0.1) is 23.7 Å². The number of amidine groups is 1. The molecule has 1 aromatic heterocycles. The molecule has 2 heterocycles. The molecule has 1 aliphatic heterocycles. The van der Waals surface area contributed by atoms with Crippen LogP contribution in [0, 0.1) is 6.92 Å². The number of aromatic nitrogens is 3. The van der Waals surface area contributed by atoms with Gasteiger partial charge in [-0.15, -0.1) is 18.3 Å². The lowest BCUT2D eigenvalue weighted by Gasteiger charge is -2.21. The van der Waals surface area contributed by atoms with Crippen molar-refractivity contribution in [3.8, 4) is 22.8 Å². The normalized spacial score (nSPS) is 14.5. The van der Waals surface area contributed by atoms with Crippen LogP contribution in [0.5, 0.6) is 5.75 Å². The molecular formula is C31H26F6N6O4S. The third-order valence-corrected chi connectivity index (χ3v) is 7.76. The molecular weight excluding hydrogens is 666 g/mol. The van der Waals surface area contributed by atoms with Crippen molar-refractivity contribution in [3.63, 3.8) is 0 Å². The Morgan fingerprint density at radius 1 is 1.04 bits per heavy atom. The van der Waals surface area contributed by atoms with Crippen LogP contribution < -0.4 is 15.0 Å². The zero-order chi connectivity index (χ0) is 34.6. The molecule has 0 radical (unpaired) electrons. The second kappa shape index (κ2) is 14.1. The number of rotatable bonds is 9. The number of carbonyl (C=O) groups excluding carboxylic acids is 2. The van der Waals surface area contributed by atoms with Crippen LogP contribution in [0.1, 0.15) is 23.6 Å². The van der Waals surface area contributed by atoms with E-state index < -0.39 is 37.7 Å². The maximum Gasteiger partial charge on any atom is 0.573 e. The van der Waals surface area contributed by atoms with Gasteiger partial charge in [-0.1, -0.05) is 30.8 Å². The summed E-state index contributed by atoms with van der Waals surface area (Å²) in [4.78, 5) is 35.5. The van der Waals surface area contributed by atoms with E-state index in [4.69, 9.17) is 4.74 Å². The van der Waals surface area contributed by atoms with Crippen molar-refractivity contribution in [2.75, 3.05) is 22.6 Å². The molecule has 1 fully saturated rings. The Bertz CT molecular complexity index is 1840. The Morgan fingerprint density at radius 2 is 1.79 bits per heavy atom. The zero-order valence-corrected chi connectivity index (χ0v) is 26.0. The molecule has 17 heteroatoms. The average Bonchev–Trinajstić information content (AvgIpc) is 3.64. The Labute approximate surface area is 273 Å². The van der Waals surface area contributed by atoms with Gasteiger partial charge < -0.3 is 14.8 Å². The molecule has 5 rings (SSSR count). The highest BCUT2D eigenvalue weighted by atomic mass is 32.2. The van der Waals surface area contributed by atoms with Gasteiger partial charge in [-0.3, -0.25) is 9.69 Å². The van der Waals surface area contributed by atoms with Crippen LogP contribution in [0.3, 0.4) is 0 Å². The molecule has 0 unspecified atom stereocenters. The molecule has 0 spiro atoms. The lowest BCUT2D eigenvalue weighted by atomic mass is 10.1. The van der Waals surface area contributed by atoms with Crippen molar-refractivity contribution in [3.05, 3.63) is 83.7 Å². The summed E-state index contributed by atoms with van der Waals surface area (Å²) in [6.07, 6.45) is -7.33. The van der Waals surface area contributed by atoms with Crippen molar-refractivity contribution < 1.29 is 45.4 Å². The van der Waals surface area contributed by atoms with E-state index in [0.29, 0.717) is 40.3 Å². The van der Waals surface area contributed by atoms with Crippen molar-refractivity contribution in [1.29, 1.82) is 0 Å². The molecule has 0 aliphatic carbocycles. The SMILES string of the molecule is CCc1ccc(COCC(F)(F)F)c(N2C(=O)CS/C2=N\C(=O)Nc2ccc(-c3ncn(-c4ccc(OC(F)(F)F)cc4)n3)cc2C)c1. The van der Waals surface area contributed by atoms with Crippen LogP contribution in [0.4, 0.5) is 42.5 Å². The van der Waals surface area contributed by atoms with E-state index in [2.05, 4.69) is 25.1 Å². The average molecular weight is 693 g/mol. The summed E-state index contributed by atoms with van der Waals surface area (Å²) in [6, 6.07) is 14.3. The number of anilines is 2. The molecule has 1 aliphatic rings. The number of benzene rings is 3. The van der Waals surface area contributed by atoms with E-state index in [0.717, 1.165) is 29.5 Å². The van der Waals surface area contributed by atoms with E-state index >= 15 is 0 Å². The number of thioether (sulfide) groups is 1. The maximum atomic E-state index is 13.0. The number of nitrogens with one attached hydrogen (secondary N) is 1. The fourth-order valence-corrected chi connectivity index (χ4v) is 5.47. The van der Waals surface area contributed by atoms with E-state index in [1.54, 1.807) is 43.3 Å². The van der Waals surface area contributed by atoms with Crippen LogP contribution in [0.25, 0.3) is 17.1 Å². The minimum absolute atomic E-state index is 0.0236. The highest BCUT2D eigenvalue weighted by molar-refractivity contribution is 8.15. The number of hydrogen-bond donors (Lipinski definition) is 1. The third kappa shape index (κ3) is 8.71. The Hall–Kier alpha value is -4.90. The minimum Gasteiger partial charge on any atom is -0.406 e. The zero-order valence-electron chi connectivity index (χ0n) is 25.2. The maximum absolute atomic E-state index is 13.0. The van der Waals surface area contributed by atoms with Crippen LogP contribution in [0.15, 0.2) is 72.0 Å². The Kier molecular flexibility index (Phi) is 10.1. The second-order valence-corrected chi connectivity index (χ2v) is 11.3. The van der Waals surface area contributed by atoms with Gasteiger partial charge in [0.2, 0.25) is 5.91 Å². The number of aryl methyl sites for hydroxylation is 2. The van der Waals surface area contributed by atoms with Crippen LogP contribution in [0.2, 0.25) is 0 Å². The molecule has 48 heavy (non-hydrogen) atoms. The third-order valence-electron chi connectivity index (χ3n) is 6.84. The van der Waals surface area contributed by atoms with Crippen LogP contribution >= 0.6 is 11.8 Å². The highest BCUT2D eigenvalue weighted by Gasteiger charge is 2.33. The number of halogens is 6. The van der Waals surface area contributed by atoms with Gasteiger partial charge in [-0.05, 0) is 73.0 Å². The fraction of sp³-hybridized carbons (Fsp3) is 0.258. The van der Waals surface area contributed by atoms with Crippen molar-refractivity contribution in [2.45, 2.75) is 39.4 Å². The molecule has 1 N–H and O–H groups in total. The molecule has 252 valence electrons. The van der Waals surface area contributed by atoms with Crippen LogP contribution in [-0.2, 0) is 22.6 Å². The van der Waals surface area contributed by atoms with Crippen molar-refractivity contribution in [1.82, 2.24) is 14.8 Å². The van der Waals surface area contributed by atoms with Gasteiger partial charge in [0.25, 0.3) is 0 Å². The summed E-state index contributed by atoms with van der Waals surface area (Å²) in [7, 11) is 0. The first-order valence-corrected chi connectivity index (χ1v) is 15.2. The smallest absolute Gasteiger partial charge is 0.406 e. The summed E-state index contributed by atoms with van der Waals surface area (Å²) < 4.78 is 85.5. The molecule has 3 amide bonds. The molecule has 1 saturated heterocycles. The van der Waals surface area contributed by atoms with Gasteiger partial charge in [0.15, 0.2) is 11.0 Å². The lowest BCUT2D eigenvalue weighted by molar-refractivity contribution is -0.274. The van der Waals surface area contributed by atoms with Crippen molar-refractivity contribution >= 4 is 40.2 Å². The first kappa shape index (κ1) is 34.4. The minimum atomic E-state index is -4.81. The van der Waals surface area contributed by atoms with Gasteiger partial charge in [0, 0.05) is 16.8 Å². The molecule has 3 aromatic carbocycles. The number of alkyl halides is 6. The lowest BCUT2D eigenvalue weighted by Crippen LogP contribution is -2.31. The number of aliphatic imine (C=N–C) groups is 1. The number of carbonyl (C=O) groups is 2. The molecule has 10 nitrogen and oxygen atoms in total. The van der Waals surface area contributed by atoms with Crippen LogP contribution in [-0.4, -0.2) is 56.8 Å². The highest BCUT2D eigenvalue weighted by Crippen LogP contribution is 2.32. The van der Waals surface area contributed by atoms with Gasteiger partial charge in [0.1, 0.15) is 18.7 Å². The molecule has 0 atom stereocenters. The van der Waals surface area contributed by atoms with E-state index in [-0.39, 0.29) is 22.4 Å². The van der Waals surface area contributed by atoms with E-state index in [1.807, 2.05) is 6.92 Å². The summed E-state index contributed by atoms with van der Waals surface area (Å²) in [5, 5.41) is 7.12. The van der Waals surface area contributed by atoms with Gasteiger partial charge in [-0.25, -0.2) is 14.5 Å². The monoisotopic (exact) mass is 692 g/mol. The number of nitrogens with zero attached hydrogens (tertiary/aromatic N) is 5. The summed E-state index contributed by atoms with van der Waals surface area (Å²) in [5.41, 5.74) is 3.50. The van der Waals surface area contributed by atoms with E-state index in [9.17, 15) is 35.9 Å². The number of hydrogen-bond acceptors (Lipinski definition) is 7. The Morgan fingerprint density at radius 3 is 2.46 bits per heavy atom. The first-order chi connectivity index (χ1) is 22.7. The predicted molar refractivity (Wildman–Crippen MR) is 166 cm³/mol. The van der Waals surface area contributed by atoms with Gasteiger partial charge in [-0.2, -0.15) is 18.2 Å². The standard InChI is InChI=1S/C31H26F6N6O4S/c1-3-19-4-5-21(14-46-16-30(32,33)34)25(13-19)43-26(44)15-48-29(43)40-28(45)39-24-11-6-20(12-18(24)2)27-38-17-42(41-27)22-7-9-23(10-8-22)47-31(35,36)37/h4-13,17H,3,14-16H2,1-2H3,(H,39,45)/b40-29-. The fourth-order valence-electron chi connectivity index (χ4n) is 4.61. The summed E-state index contributed by atoms with van der Waals surface area (Å²) in [5.74, 6) is -0.479. The Balaban J connectivity index is 1.30. The largest absolute Gasteiger partial charge is 0.573 e.